The molecule has 6 nitrogen and oxygen atoms in total. The maximum absolute atomic E-state index is 12.0. The number of nitrogens with zero attached hydrogens (tertiary/aromatic N) is 2. The molecular weight excluding hydrogens is 363 g/mol. The van der Waals surface area contributed by atoms with Gasteiger partial charge in [0, 0.05) is 37.6 Å². The van der Waals surface area contributed by atoms with Gasteiger partial charge in [-0.2, -0.15) is 0 Å². The predicted molar refractivity (Wildman–Crippen MR) is 103 cm³/mol. The molecule has 1 aliphatic heterocycles. The third-order valence-electron chi connectivity index (χ3n) is 4.02. The smallest absolute Gasteiger partial charge is 0.225 e. The van der Waals surface area contributed by atoms with Gasteiger partial charge >= 0.3 is 0 Å². The van der Waals surface area contributed by atoms with Crippen molar-refractivity contribution >= 4 is 36.4 Å². The summed E-state index contributed by atoms with van der Waals surface area (Å²) in [6, 6.07) is 7.73. The molecule has 1 aromatic heterocycles. The zero-order valence-electron chi connectivity index (χ0n) is 14.1. The second-order valence-corrected chi connectivity index (χ2v) is 5.81. The fraction of sp³-hybridized carbons (Fsp3) is 0.412. The number of aryl methyl sites for hydroxylation is 1. The molecule has 1 aliphatic rings. The Labute approximate surface area is 160 Å². The fourth-order valence-electron chi connectivity index (χ4n) is 2.68. The summed E-state index contributed by atoms with van der Waals surface area (Å²) >= 11 is 0. The monoisotopic (exact) mass is 386 g/mol. The number of imidazole rings is 1. The minimum atomic E-state index is 0. The Bertz CT molecular complexity index is 655. The molecule has 1 amide bonds. The van der Waals surface area contributed by atoms with E-state index in [9.17, 15) is 4.79 Å². The highest BCUT2D eigenvalue weighted by Crippen LogP contribution is 2.17. The van der Waals surface area contributed by atoms with E-state index in [1.54, 1.807) is 6.20 Å². The van der Waals surface area contributed by atoms with Crippen LogP contribution in [-0.2, 0) is 18.4 Å². The number of carbonyl (C=O) groups excluding carboxylic acids is 1. The topological polar surface area (TPSA) is 68.2 Å². The van der Waals surface area contributed by atoms with E-state index in [4.69, 9.17) is 4.74 Å². The van der Waals surface area contributed by atoms with E-state index in [2.05, 4.69) is 15.6 Å². The molecule has 2 heterocycles. The van der Waals surface area contributed by atoms with Crippen molar-refractivity contribution in [3.63, 3.8) is 0 Å². The van der Waals surface area contributed by atoms with Gasteiger partial charge in [0.25, 0.3) is 0 Å². The van der Waals surface area contributed by atoms with Crippen LogP contribution in [0.5, 0.6) is 5.75 Å². The molecule has 0 radical (unpaired) electrons. The molecule has 0 aliphatic carbocycles. The molecule has 138 valence electrons. The van der Waals surface area contributed by atoms with Crippen LogP contribution < -0.4 is 15.4 Å². The molecule has 0 spiro atoms. The molecule has 1 atom stereocenters. The summed E-state index contributed by atoms with van der Waals surface area (Å²) in [6.07, 6.45) is 6.39. The van der Waals surface area contributed by atoms with Gasteiger partial charge in [0.1, 0.15) is 18.2 Å². The number of hydrogen-bond donors (Lipinski definition) is 2. The number of carbonyl (C=O) groups is 1. The molecule has 1 saturated heterocycles. The molecule has 3 rings (SSSR count). The van der Waals surface area contributed by atoms with Crippen LogP contribution in [0.1, 0.15) is 25.1 Å². The van der Waals surface area contributed by atoms with Crippen LogP contribution in [0, 0.1) is 0 Å². The second kappa shape index (κ2) is 10.3. The Kier molecular flexibility index (Phi) is 8.75. The van der Waals surface area contributed by atoms with Gasteiger partial charge in [0.05, 0.1) is 0 Å². The van der Waals surface area contributed by atoms with E-state index in [-0.39, 0.29) is 30.7 Å². The van der Waals surface area contributed by atoms with Gasteiger partial charge in [0.15, 0.2) is 0 Å². The van der Waals surface area contributed by atoms with Crippen molar-refractivity contribution in [3.05, 3.63) is 42.5 Å². The average Bonchev–Trinajstić information content (AvgIpc) is 3.18. The largest absolute Gasteiger partial charge is 0.486 e. The normalized spacial score (nSPS) is 15.8. The van der Waals surface area contributed by atoms with Gasteiger partial charge in [-0.15, -0.1) is 24.8 Å². The average molecular weight is 387 g/mol. The van der Waals surface area contributed by atoms with E-state index in [1.165, 1.54) is 0 Å². The van der Waals surface area contributed by atoms with Crippen molar-refractivity contribution in [2.24, 2.45) is 7.05 Å². The summed E-state index contributed by atoms with van der Waals surface area (Å²) in [5.74, 6) is 1.67. The fourth-order valence-corrected chi connectivity index (χ4v) is 2.68. The number of aromatic nitrogens is 2. The third kappa shape index (κ3) is 6.23. The highest BCUT2D eigenvalue weighted by atomic mass is 35.5. The van der Waals surface area contributed by atoms with E-state index in [0.29, 0.717) is 19.1 Å². The van der Waals surface area contributed by atoms with Crippen molar-refractivity contribution in [2.45, 2.75) is 31.9 Å². The molecule has 8 heteroatoms. The van der Waals surface area contributed by atoms with E-state index < -0.39 is 0 Å². The minimum Gasteiger partial charge on any atom is -0.486 e. The number of nitrogens with one attached hydrogen (secondary N) is 2. The SMILES string of the molecule is Cl.Cl.Cn1ccnc1COc1ccc(NC(=O)CC2CCCN2)cc1. The van der Waals surface area contributed by atoms with Crippen LogP contribution in [0.2, 0.25) is 0 Å². The first-order chi connectivity index (χ1) is 11.2. The molecular formula is C17H24Cl2N4O2. The third-order valence-corrected chi connectivity index (χ3v) is 4.02. The molecule has 0 bridgehead atoms. The lowest BCUT2D eigenvalue weighted by Crippen LogP contribution is -2.27. The van der Waals surface area contributed by atoms with Crippen LogP contribution in [-0.4, -0.2) is 28.0 Å². The highest BCUT2D eigenvalue weighted by Gasteiger charge is 2.17. The Balaban J connectivity index is 0.00000156. The van der Waals surface area contributed by atoms with Crippen LogP contribution in [0.3, 0.4) is 0 Å². The molecule has 25 heavy (non-hydrogen) atoms. The lowest BCUT2D eigenvalue weighted by atomic mass is 10.1. The standard InChI is InChI=1S/C17H22N4O2.2ClH/c1-21-10-9-19-16(21)12-23-15-6-4-13(5-7-15)20-17(22)11-14-3-2-8-18-14;;/h4-7,9-10,14,18H,2-3,8,11-12H2,1H3,(H,20,22);2*1H. The number of amides is 1. The van der Waals surface area contributed by atoms with Crippen LogP contribution >= 0.6 is 24.8 Å². The Morgan fingerprint density at radius 2 is 2.12 bits per heavy atom. The summed E-state index contributed by atoms with van der Waals surface area (Å²) in [5, 5.41) is 6.25. The van der Waals surface area contributed by atoms with Crippen molar-refractivity contribution in [1.29, 1.82) is 0 Å². The van der Waals surface area contributed by atoms with Crippen molar-refractivity contribution in [2.75, 3.05) is 11.9 Å². The van der Waals surface area contributed by atoms with E-state index >= 15 is 0 Å². The van der Waals surface area contributed by atoms with Crippen molar-refractivity contribution in [3.8, 4) is 5.75 Å². The number of hydrogen-bond acceptors (Lipinski definition) is 4. The maximum Gasteiger partial charge on any atom is 0.225 e. The maximum atomic E-state index is 12.0. The molecule has 0 saturated carbocycles. The van der Waals surface area contributed by atoms with Gasteiger partial charge in [-0.05, 0) is 43.7 Å². The number of benzene rings is 1. The van der Waals surface area contributed by atoms with E-state index in [1.807, 2.05) is 42.1 Å². The number of rotatable bonds is 6. The van der Waals surface area contributed by atoms with Crippen molar-refractivity contribution < 1.29 is 9.53 Å². The zero-order valence-corrected chi connectivity index (χ0v) is 15.7. The Hall–Kier alpha value is -1.76. The molecule has 2 N–H and O–H groups in total. The van der Waals surface area contributed by atoms with Crippen molar-refractivity contribution in [1.82, 2.24) is 14.9 Å². The lowest BCUT2D eigenvalue weighted by molar-refractivity contribution is -0.116. The Morgan fingerprint density at radius 1 is 1.36 bits per heavy atom. The van der Waals surface area contributed by atoms with E-state index in [0.717, 1.165) is 36.6 Å². The van der Waals surface area contributed by atoms with Crippen LogP contribution in [0.15, 0.2) is 36.7 Å². The minimum absolute atomic E-state index is 0. The first-order valence-electron chi connectivity index (χ1n) is 7.93. The van der Waals surface area contributed by atoms with Crippen LogP contribution in [0.4, 0.5) is 5.69 Å². The second-order valence-electron chi connectivity index (χ2n) is 5.81. The molecule has 1 unspecified atom stereocenters. The first-order valence-corrected chi connectivity index (χ1v) is 7.93. The van der Waals surface area contributed by atoms with Gasteiger partial charge in [-0.1, -0.05) is 0 Å². The number of anilines is 1. The molecule has 1 fully saturated rings. The predicted octanol–water partition coefficient (Wildman–Crippen LogP) is 2.92. The zero-order chi connectivity index (χ0) is 16.1. The quantitative estimate of drug-likeness (QED) is 0.800. The van der Waals surface area contributed by atoms with Crippen LogP contribution in [0.25, 0.3) is 0 Å². The summed E-state index contributed by atoms with van der Waals surface area (Å²) in [4.78, 5) is 16.2. The summed E-state index contributed by atoms with van der Waals surface area (Å²) < 4.78 is 7.62. The highest BCUT2D eigenvalue weighted by molar-refractivity contribution is 5.91. The van der Waals surface area contributed by atoms with Gasteiger partial charge in [-0.25, -0.2) is 4.98 Å². The van der Waals surface area contributed by atoms with Gasteiger partial charge in [0.2, 0.25) is 5.91 Å². The lowest BCUT2D eigenvalue weighted by Gasteiger charge is -2.11. The summed E-state index contributed by atoms with van der Waals surface area (Å²) in [5.41, 5.74) is 0.789. The summed E-state index contributed by atoms with van der Waals surface area (Å²) in [6.45, 7) is 1.43. The van der Waals surface area contributed by atoms with Gasteiger partial charge in [-0.3, -0.25) is 4.79 Å². The number of ether oxygens (including phenoxy) is 1. The molecule has 2 aromatic rings. The molecule has 1 aromatic carbocycles. The Morgan fingerprint density at radius 3 is 2.72 bits per heavy atom. The summed E-state index contributed by atoms with van der Waals surface area (Å²) in [7, 11) is 1.93. The number of halogens is 2. The first kappa shape index (κ1) is 21.3. The van der Waals surface area contributed by atoms with Gasteiger partial charge < -0.3 is 19.9 Å².